The second-order valence-corrected chi connectivity index (χ2v) is 5.57. The smallest absolute Gasteiger partial charge is 0.497 e. The van der Waals surface area contributed by atoms with Gasteiger partial charge in [0.2, 0.25) is 5.91 Å². The van der Waals surface area contributed by atoms with E-state index in [4.69, 9.17) is 4.74 Å². The number of benzene rings is 2. The molecule has 0 fully saturated rings. The molecule has 0 aliphatic heterocycles. The van der Waals surface area contributed by atoms with E-state index in [-0.39, 0.29) is 5.75 Å². The molecule has 0 aliphatic carbocycles. The molecule has 0 aromatic heterocycles. The molecule has 138 valence electrons. The number of hydrogen-bond donors (Lipinski definition) is 1. The van der Waals surface area contributed by atoms with Crippen molar-refractivity contribution in [1.29, 1.82) is 0 Å². The van der Waals surface area contributed by atoms with Crippen molar-refractivity contribution < 1.29 is 27.4 Å². The fraction of sp³-hybridized carbons (Fsp3) is 0.211. The highest BCUT2D eigenvalue weighted by Crippen LogP contribution is 2.24. The Morgan fingerprint density at radius 2 is 1.62 bits per heavy atom. The van der Waals surface area contributed by atoms with Gasteiger partial charge in [0, 0.05) is 11.8 Å². The van der Waals surface area contributed by atoms with Crippen LogP contribution < -0.4 is 14.8 Å². The Balaban J connectivity index is 2.04. The quantitative estimate of drug-likeness (QED) is 0.770. The fourth-order valence-electron chi connectivity index (χ4n) is 2.40. The van der Waals surface area contributed by atoms with Gasteiger partial charge in [-0.3, -0.25) is 4.79 Å². The van der Waals surface area contributed by atoms with Gasteiger partial charge >= 0.3 is 6.36 Å². The highest BCUT2D eigenvalue weighted by Gasteiger charge is 2.30. The summed E-state index contributed by atoms with van der Waals surface area (Å²) in [5, 5.41) is 2.58. The van der Waals surface area contributed by atoms with Gasteiger partial charge in [0.25, 0.3) is 0 Å². The molecule has 0 heterocycles. The van der Waals surface area contributed by atoms with E-state index >= 15 is 0 Å². The molecule has 7 heteroatoms. The monoisotopic (exact) mass is 365 g/mol. The van der Waals surface area contributed by atoms with Gasteiger partial charge in [0.1, 0.15) is 11.5 Å². The van der Waals surface area contributed by atoms with Crippen molar-refractivity contribution in [2.45, 2.75) is 20.2 Å². The number of alkyl halides is 3. The molecule has 0 aliphatic rings. The van der Waals surface area contributed by atoms with Crippen molar-refractivity contribution in [3.63, 3.8) is 0 Å². The summed E-state index contributed by atoms with van der Waals surface area (Å²) in [7, 11) is 1.59. The average molecular weight is 365 g/mol. The van der Waals surface area contributed by atoms with Crippen LogP contribution in [0.25, 0.3) is 6.08 Å². The number of carbonyl (C=O) groups is 1. The summed E-state index contributed by atoms with van der Waals surface area (Å²) in [5.41, 5.74) is 3.17. The Morgan fingerprint density at radius 1 is 1.04 bits per heavy atom. The summed E-state index contributed by atoms with van der Waals surface area (Å²) in [6, 6.07) is 8.65. The van der Waals surface area contributed by atoms with E-state index < -0.39 is 12.3 Å². The zero-order chi connectivity index (χ0) is 19.3. The lowest BCUT2D eigenvalue weighted by Crippen LogP contribution is -2.17. The molecule has 26 heavy (non-hydrogen) atoms. The summed E-state index contributed by atoms with van der Waals surface area (Å²) in [6.07, 6.45) is -1.70. The van der Waals surface area contributed by atoms with E-state index in [0.717, 1.165) is 34.6 Å². The molecule has 2 aromatic rings. The van der Waals surface area contributed by atoms with E-state index in [1.54, 1.807) is 13.2 Å². The van der Waals surface area contributed by atoms with E-state index in [0.29, 0.717) is 5.69 Å². The third kappa shape index (κ3) is 5.54. The summed E-state index contributed by atoms with van der Waals surface area (Å²) in [5.74, 6) is -0.0117. The van der Waals surface area contributed by atoms with E-state index in [1.807, 2.05) is 26.0 Å². The minimum Gasteiger partial charge on any atom is -0.497 e. The summed E-state index contributed by atoms with van der Waals surface area (Å²) in [6.45, 7) is 3.82. The number of ether oxygens (including phenoxy) is 2. The minimum atomic E-state index is -4.75. The summed E-state index contributed by atoms with van der Waals surface area (Å²) in [4.78, 5) is 12.0. The topological polar surface area (TPSA) is 47.6 Å². The Hall–Kier alpha value is -2.96. The van der Waals surface area contributed by atoms with Crippen LogP contribution in [0.4, 0.5) is 18.9 Å². The maximum absolute atomic E-state index is 12.1. The molecule has 4 nitrogen and oxygen atoms in total. The van der Waals surface area contributed by atoms with Crippen molar-refractivity contribution in [3.05, 3.63) is 59.2 Å². The van der Waals surface area contributed by atoms with Gasteiger partial charge in [0.05, 0.1) is 7.11 Å². The highest BCUT2D eigenvalue weighted by atomic mass is 19.4. The van der Waals surface area contributed by atoms with Gasteiger partial charge in [-0.25, -0.2) is 0 Å². The molecule has 0 radical (unpaired) electrons. The van der Waals surface area contributed by atoms with Crippen molar-refractivity contribution in [1.82, 2.24) is 0 Å². The lowest BCUT2D eigenvalue weighted by atomic mass is 10.0. The Kier molecular flexibility index (Phi) is 5.92. The molecule has 2 aromatic carbocycles. The van der Waals surface area contributed by atoms with Gasteiger partial charge in [0.15, 0.2) is 0 Å². The predicted molar refractivity (Wildman–Crippen MR) is 93.3 cm³/mol. The number of rotatable bonds is 5. The lowest BCUT2D eigenvalue weighted by Gasteiger charge is -2.10. The van der Waals surface area contributed by atoms with Gasteiger partial charge < -0.3 is 14.8 Å². The van der Waals surface area contributed by atoms with Crippen LogP contribution in [0.1, 0.15) is 16.7 Å². The number of methoxy groups -OCH3 is 1. The number of anilines is 1. The van der Waals surface area contributed by atoms with Gasteiger partial charge in [-0.15, -0.1) is 13.2 Å². The maximum Gasteiger partial charge on any atom is 0.573 e. The molecule has 0 unspecified atom stereocenters. The molecule has 0 spiro atoms. The predicted octanol–water partition coefficient (Wildman–Crippen LogP) is 4.86. The first kappa shape index (κ1) is 19.4. The lowest BCUT2D eigenvalue weighted by molar-refractivity contribution is -0.274. The first-order chi connectivity index (χ1) is 12.2. The standard InChI is InChI=1S/C19H18F3NO3/c1-12-10-16(25-3)11-13(2)17(12)8-9-18(24)23-14-4-6-15(7-5-14)26-19(20,21)22/h4-11H,1-3H3,(H,23,24)/b9-8+. The molecular weight excluding hydrogens is 347 g/mol. The highest BCUT2D eigenvalue weighted by molar-refractivity contribution is 6.02. The van der Waals surface area contributed by atoms with Gasteiger partial charge in [-0.05, 0) is 73.0 Å². The molecule has 0 saturated heterocycles. The summed E-state index contributed by atoms with van der Waals surface area (Å²) < 4.78 is 45.3. The van der Waals surface area contributed by atoms with Gasteiger partial charge in [-0.1, -0.05) is 0 Å². The van der Waals surface area contributed by atoms with E-state index in [2.05, 4.69) is 10.1 Å². The van der Waals surface area contributed by atoms with Crippen molar-refractivity contribution in [2.75, 3.05) is 12.4 Å². The Morgan fingerprint density at radius 3 is 2.12 bits per heavy atom. The number of aryl methyl sites for hydroxylation is 2. The third-order valence-electron chi connectivity index (χ3n) is 3.56. The van der Waals surface area contributed by atoms with Crippen LogP contribution in [0.2, 0.25) is 0 Å². The first-order valence-electron chi connectivity index (χ1n) is 7.68. The van der Waals surface area contributed by atoms with Crippen LogP contribution in [0.15, 0.2) is 42.5 Å². The largest absolute Gasteiger partial charge is 0.573 e. The second-order valence-electron chi connectivity index (χ2n) is 5.57. The van der Waals surface area contributed by atoms with Crippen LogP contribution >= 0.6 is 0 Å². The number of halogens is 3. The Labute approximate surface area is 149 Å². The van der Waals surface area contributed by atoms with E-state index in [1.165, 1.54) is 18.2 Å². The van der Waals surface area contributed by atoms with Crippen LogP contribution in [-0.2, 0) is 4.79 Å². The van der Waals surface area contributed by atoms with E-state index in [9.17, 15) is 18.0 Å². The summed E-state index contributed by atoms with van der Waals surface area (Å²) >= 11 is 0. The van der Waals surface area contributed by atoms with Crippen LogP contribution in [0.5, 0.6) is 11.5 Å². The molecule has 1 amide bonds. The molecule has 0 bridgehead atoms. The first-order valence-corrected chi connectivity index (χ1v) is 7.68. The Bertz CT molecular complexity index is 789. The molecule has 0 saturated carbocycles. The zero-order valence-electron chi connectivity index (χ0n) is 14.5. The molecular formula is C19H18F3NO3. The number of hydrogen-bond acceptors (Lipinski definition) is 3. The van der Waals surface area contributed by atoms with Crippen molar-refractivity contribution >= 4 is 17.7 Å². The maximum atomic E-state index is 12.1. The SMILES string of the molecule is COc1cc(C)c(/C=C/C(=O)Nc2ccc(OC(F)(F)F)cc2)c(C)c1. The zero-order valence-corrected chi connectivity index (χ0v) is 14.5. The van der Waals surface area contributed by atoms with Crippen LogP contribution in [0.3, 0.4) is 0 Å². The minimum absolute atomic E-state index is 0.351. The average Bonchev–Trinajstić information content (AvgIpc) is 2.54. The number of carbonyl (C=O) groups excluding carboxylic acids is 1. The molecule has 0 atom stereocenters. The van der Waals surface area contributed by atoms with Crippen LogP contribution in [-0.4, -0.2) is 19.4 Å². The van der Waals surface area contributed by atoms with Crippen molar-refractivity contribution in [2.24, 2.45) is 0 Å². The number of amides is 1. The van der Waals surface area contributed by atoms with Gasteiger partial charge in [-0.2, -0.15) is 0 Å². The second kappa shape index (κ2) is 7.95. The fourth-order valence-corrected chi connectivity index (χ4v) is 2.40. The van der Waals surface area contributed by atoms with Crippen molar-refractivity contribution in [3.8, 4) is 11.5 Å². The normalized spacial score (nSPS) is 11.5. The number of nitrogens with one attached hydrogen (secondary N) is 1. The molecule has 1 N–H and O–H groups in total. The molecule has 2 rings (SSSR count). The van der Waals surface area contributed by atoms with Crippen LogP contribution in [0, 0.1) is 13.8 Å². The third-order valence-corrected chi connectivity index (χ3v) is 3.56.